The second-order valence-corrected chi connectivity index (χ2v) is 6.06. The van der Waals surface area contributed by atoms with Crippen molar-refractivity contribution in [2.75, 3.05) is 34.9 Å². The summed E-state index contributed by atoms with van der Waals surface area (Å²) in [5.41, 5.74) is 2.06. The molecule has 0 saturated carbocycles. The highest BCUT2D eigenvalue weighted by Crippen LogP contribution is 2.31. The third-order valence-corrected chi connectivity index (χ3v) is 4.12. The average Bonchev–Trinajstić information content (AvgIpc) is 2.62. The van der Waals surface area contributed by atoms with Gasteiger partial charge in [0, 0.05) is 6.54 Å². The van der Waals surface area contributed by atoms with Crippen LogP contribution in [0.4, 0.5) is 0 Å². The van der Waals surface area contributed by atoms with Crippen LogP contribution < -0.4 is 14.8 Å². The van der Waals surface area contributed by atoms with Crippen molar-refractivity contribution in [3.8, 4) is 11.5 Å². The molecule has 5 nitrogen and oxygen atoms in total. The van der Waals surface area contributed by atoms with Crippen LogP contribution in [0.5, 0.6) is 11.5 Å². The lowest BCUT2D eigenvalue weighted by molar-refractivity contribution is -0.120. The fraction of sp³-hybridized carbons (Fsp3) is 0.350. The Hall–Kier alpha value is -2.53. The Bertz CT molecular complexity index is 687. The summed E-state index contributed by atoms with van der Waals surface area (Å²) in [6, 6.07) is 15.6. The van der Waals surface area contributed by atoms with Crippen molar-refractivity contribution >= 4 is 5.91 Å². The van der Waals surface area contributed by atoms with E-state index in [1.54, 1.807) is 14.2 Å². The van der Waals surface area contributed by atoms with E-state index in [4.69, 9.17) is 9.47 Å². The molecule has 0 fully saturated rings. The number of ether oxygens (including phenoxy) is 2. The second kappa shape index (κ2) is 9.08. The van der Waals surface area contributed by atoms with Crippen LogP contribution in [0.3, 0.4) is 0 Å². The van der Waals surface area contributed by atoms with E-state index in [-0.39, 0.29) is 11.9 Å². The number of likely N-dealkylation sites (N-methyl/N-ethyl adjacent to an activating group) is 1. The van der Waals surface area contributed by atoms with E-state index in [0.717, 1.165) is 11.1 Å². The first-order valence-electron chi connectivity index (χ1n) is 8.24. The lowest BCUT2D eigenvalue weighted by atomic mass is 10.0. The summed E-state index contributed by atoms with van der Waals surface area (Å²) < 4.78 is 10.7. The Morgan fingerprint density at radius 3 is 2.32 bits per heavy atom. The normalized spacial score (nSPS) is 11.9. The molecule has 0 spiro atoms. The molecule has 1 atom stereocenters. The number of rotatable bonds is 8. The monoisotopic (exact) mass is 342 g/mol. The molecule has 1 N–H and O–H groups in total. The van der Waals surface area contributed by atoms with Gasteiger partial charge in [0.15, 0.2) is 11.5 Å². The maximum atomic E-state index is 12.2. The molecule has 2 aromatic rings. The average molecular weight is 342 g/mol. The number of nitrogens with one attached hydrogen (secondary N) is 1. The highest BCUT2D eigenvalue weighted by atomic mass is 16.5. The number of hydrogen-bond acceptors (Lipinski definition) is 4. The van der Waals surface area contributed by atoms with Gasteiger partial charge in [-0.3, -0.25) is 4.79 Å². The van der Waals surface area contributed by atoms with Gasteiger partial charge in [-0.2, -0.15) is 0 Å². The Kier molecular flexibility index (Phi) is 6.83. The van der Waals surface area contributed by atoms with E-state index < -0.39 is 0 Å². The van der Waals surface area contributed by atoms with Gasteiger partial charge in [-0.05, 0) is 37.4 Å². The van der Waals surface area contributed by atoms with Crippen LogP contribution in [-0.4, -0.2) is 45.7 Å². The summed E-state index contributed by atoms with van der Waals surface area (Å²) in [6.45, 7) is 0.522. The summed E-state index contributed by atoms with van der Waals surface area (Å²) in [7, 11) is 7.22. The zero-order valence-corrected chi connectivity index (χ0v) is 15.3. The molecule has 0 aliphatic carbocycles. The van der Waals surface area contributed by atoms with Crippen LogP contribution in [0.15, 0.2) is 48.5 Å². The van der Waals surface area contributed by atoms with E-state index in [1.165, 1.54) is 0 Å². The summed E-state index contributed by atoms with van der Waals surface area (Å²) >= 11 is 0. The topological polar surface area (TPSA) is 50.8 Å². The van der Waals surface area contributed by atoms with E-state index in [1.807, 2.05) is 62.6 Å². The molecule has 2 rings (SSSR count). The number of methoxy groups -OCH3 is 2. The molecular weight excluding hydrogens is 316 g/mol. The molecule has 1 unspecified atom stereocenters. The Balaban J connectivity index is 2.04. The highest BCUT2D eigenvalue weighted by Gasteiger charge is 2.17. The molecule has 1 amide bonds. The molecule has 5 heteroatoms. The van der Waals surface area contributed by atoms with Crippen LogP contribution in [0, 0.1) is 0 Å². The highest BCUT2D eigenvalue weighted by molar-refractivity contribution is 5.78. The van der Waals surface area contributed by atoms with E-state index in [9.17, 15) is 4.79 Å². The van der Waals surface area contributed by atoms with E-state index in [0.29, 0.717) is 24.5 Å². The van der Waals surface area contributed by atoms with Gasteiger partial charge < -0.3 is 19.7 Å². The minimum Gasteiger partial charge on any atom is -0.493 e. The number of nitrogens with zero attached hydrogens (tertiary/aromatic N) is 1. The van der Waals surface area contributed by atoms with Crippen molar-refractivity contribution in [3.63, 3.8) is 0 Å². The number of carbonyl (C=O) groups excluding carboxylic acids is 1. The minimum absolute atomic E-state index is 0.0125. The molecule has 0 bridgehead atoms. The Morgan fingerprint density at radius 1 is 1.04 bits per heavy atom. The summed E-state index contributed by atoms with van der Waals surface area (Å²) in [6.07, 6.45) is 0.382. The number of carbonyl (C=O) groups is 1. The van der Waals surface area contributed by atoms with Crippen LogP contribution in [-0.2, 0) is 11.2 Å². The molecule has 0 aliphatic rings. The predicted octanol–water partition coefficient (Wildman–Crippen LogP) is 2.67. The van der Waals surface area contributed by atoms with Crippen LogP contribution >= 0.6 is 0 Å². The third-order valence-electron chi connectivity index (χ3n) is 4.12. The van der Waals surface area contributed by atoms with Crippen molar-refractivity contribution in [3.05, 3.63) is 59.7 Å². The van der Waals surface area contributed by atoms with Crippen LogP contribution in [0.25, 0.3) is 0 Å². The molecule has 0 saturated heterocycles. The minimum atomic E-state index is 0.0125. The van der Waals surface area contributed by atoms with Gasteiger partial charge in [0.25, 0.3) is 0 Å². The molecule has 2 aromatic carbocycles. The predicted molar refractivity (Wildman–Crippen MR) is 99.1 cm³/mol. The maximum absolute atomic E-state index is 12.2. The first-order valence-corrected chi connectivity index (χ1v) is 8.24. The van der Waals surface area contributed by atoms with Gasteiger partial charge in [0.05, 0.1) is 26.7 Å². The fourth-order valence-electron chi connectivity index (χ4n) is 2.71. The first-order chi connectivity index (χ1) is 12.0. The van der Waals surface area contributed by atoms with Gasteiger partial charge >= 0.3 is 0 Å². The van der Waals surface area contributed by atoms with Crippen molar-refractivity contribution in [1.29, 1.82) is 0 Å². The zero-order valence-electron chi connectivity index (χ0n) is 15.3. The number of amides is 1. The first kappa shape index (κ1) is 18.8. The maximum Gasteiger partial charge on any atom is 0.224 e. The molecule has 25 heavy (non-hydrogen) atoms. The lowest BCUT2D eigenvalue weighted by Gasteiger charge is -2.26. The molecule has 0 aliphatic heterocycles. The van der Waals surface area contributed by atoms with Crippen molar-refractivity contribution < 1.29 is 14.3 Å². The van der Waals surface area contributed by atoms with E-state index in [2.05, 4.69) is 10.2 Å². The van der Waals surface area contributed by atoms with Crippen molar-refractivity contribution in [2.45, 2.75) is 12.5 Å². The number of hydrogen-bond donors (Lipinski definition) is 1. The summed E-state index contributed by atoms with van der Waals surface area (Å²) in [5, 5.41) is 3.02. The fourth-order valence-corrected chi connectivity index (χ4v) is 2.71. The standard InChI is InChI=1S/C20H26N2O3/c1-22(2)17(16-10-11-18(24-3)19(13-16)25-4)14-21-20(23)12-15-8-6-5-7-9-15/h5-11,13,17H,12,14H2,1-4H3,(H,21,23). The molecule has 0 heterocycles. The van der Waals surface area contributed by atoms with Gasteiger partial charge in [-0.1, -0.05) is 36.4 Å². The molecular formula is C20H26N2O3. The van der Waals surface area contributed by atoms with Crippen molar-refractivity contribution in [2.24, 2.45) is 0 Å². The van der Waals surface area contributed by atoms with Gasteiger partial charge in [-0.15, -0.1) is 0 Å². The molecule has 0 aromatic heterocycles. The van der Waals surface area contributed by atoms with Gasteiger partial charge in [0.2, 0.25) is 5.91 Å². The SMILES string of the molecule is COc1ccc(C(CNC(=O)Cc2ccccc2)N(C)C)cc1OC. The third kappa shape index (κ3) is 5.22. The van der Waals surface area contributed by atoms with Crippen LogP contribution in [0.2, 0.25) is 0 Å². The molecule has 0 radical (unpaired) electrons. The van der Waals surface area contributed by atoms with Crippen LogP contribution in [0.1, 0.15) is 17.2 Å². The largest absolute Gasteiger partial charge is 0.493 e. The number of benzene rings is 2. The zero-order chi connectivity index (χ0) is 18.2. The van der Waals surface area contributed by atoms with E-state index >= 15 is 0 Å². The second-order valence-electron chi connectivity index (χ2n) is 6.06. The smallest absolute Gasteiger partial charge is 0.224 e. The van der Waals surface area contributed by atoms with Crippen molar-refractivity contribution in [1.82, 2.24) is 10.2 Å². The quantitative estimate of drug-likeness (QED) is 0.801. The van der Waals surface area contributed by atoms with Gasteiger partial charge in [0.1, 0.15) is 0 Å². The lowest BCUT2D eigenvalue weighted by Crippen LogP contribution is -2.35. The Labute approximate surface area is 149 Å². The summed E-state index contributed by atoms with van der Waals surface area (Å²) in [4.78, 5) is 14.3. The van der Waals surface area contributed by atoms with Gasteiger partial charge in [-0.25, -0.2) is 0 Å². The Morgan fingerprint density at radius 2 is 1.72 bits per heavy atom. The summed E-state index contributed by atoms with van der Waals surface area (Å²) in [5.74, 6) is 1.39. The molecule has 134 valence electrons.